The molecule has 3 rings (SSSR count). The third-order valence-corrected chi connectivity index (χ3v) is 5.15. The van der Waals surface area contributed by atoms with Crippen LogP contribution < -0.4 is 10.2 Å². The van der Waals surface area contributed by atoms with Gasteiger partial charge in [0.1, 0.15) is 5.82 Å². The van der Waals surface area contributed by atoms with Gasteiger partial charge in [-0.2, -0.15) is 0 Å². The first-order chi connectivity index (χ1) is 13.0. The van der Waals surface area contributed by atoms with Crippen LogP contribution in [0.2, 0.25) is 0 Å². The molecule has 0 unspecified atom stereocenters. The largest absolute Gasteiger partial charge is 0.368 e. The molecule has 0 aliphatic carbocycles. The van der Waals surface area contributed by atoms with E-state index in [0.717, 1.165) is 13.1 Å². The van der Waals surface area contributed by atoms with E-state index in [4.69, 9.17) is 0 Å². The third kappa shape index (κ3) is 4.59. The molecule has 1 heterocycles. The Bertz CT molecular complexity index is 790. The highest BCUT2D eigenvalue weighted by Crippen LogP contribution is 2.27. The lowest BCUT2D eigenvalue weighted by Crippen LogP contribution is -2.52. The molecule has 1 N–H and O–H groups in total. The second-order valence-corrected chi connectivity index (χ2v) is 7.29. The Kier molecular flexibility index (Phi) is 5.99. The van der Waals surface area contributed by atoms with Crippen molar-refractivity contribution in [2.45, 2.75) is 27.2 Å². The SMILES string of the molecule is Cc1cc(C)c(N2CCN(C(=O)NCCc3ccccc3F)CC2)c(C)c1. The van der Waals surface area contributed by atoms with Gasteiger partial charge in [-0.05, 0) is 49.9 Å². The van der Waals surface area contributed by atoms with E-state index in [1.165, 1.54) is 28.4 Å². The van der Waals surface area contributed by atoms with Crippen LogP contribution in [0.3, 0.4) is 0 Å². The average molecular weight is 369 g/mol. The predicted molar refractivity (Wildman–Crippen MR) is 108 cm³/mol. The van der Waals surface area contributed by atoms with Crippen molar-refractivity contribution >= 4 is 11.7 Å². The van der Waals surface area contributed by atoms with Gasteiger partial charge in [-0.25, -0.2) is 9.18 Å². The number of aryl methyl sites for hydroxylation is 3. The number of hydrogen-bond donors (Lipinski definition) is 1. The van der Waals surface area contributed by atoms with Crippen LogP contribution in [0, 0.1) is 26.6 Å². The standard InChI is InChI=1S/C22H28FN3O/c1-16-14-17(2)21(18(3)15-16)25-10-12-26(13-11-25)22(27)24-9-8-19-6-4-5-7-20(19)23/h4-7,14-15H,8-13H2,1-3H3,(H,24,27). The fourth-order valence-corrected chi connectivity index (χ4v) is 3.92. The van der Waals surface area contributed by atoms with E-state index in [2.05, 4.69) is 43.1 Å². The van der Waals surface area contributed by atoms with Crippen LogP contribution in [0.4, 0.5) is 14.9 Å². The molecule has 1 aliphatic rings. The number of urea groups is 1. The topological polar surface area (TPSA) is 35.6 Å². The van der Waals surface area contributed by atoms with E-state index in [1.54, 1.807) is 12.1 Å². The van der Waals surface area contributed by atoms with Crippen molar-refractivity contribution in [3.8, 4) is 0 Å². The van der Waals surface area contributed by atoms with Gasteiger partial charge in [0, 0.05) is 38.4 Å². The first-order valence-corrected chi connectivity index (χ1v) is 9.54. The molecule has 1 aliphatic heterocycles. The lowest BCUT2D eigenvalue weighted by Gasteiger charge is -2.37. The summed E-state index contributed by atoms with van der Waals surface area (Å²) in [4.78, 5) is 16.6. The second kappa shape index (κ2) is 8.42. The molecular weight excluding hydrogens is 341 g/mol. The van der Waals surface area contributed by atoms with Crippen LogP contribution in [0.1, 0.15) is 22.3 Å². The van der Waals surface area contributed by atoms with Crippen LogP contribution in [0.15, 0.2) is 36.4 Å². The van der Waals surface area contributed by atoms with Crippen molar-refractivity contribution in [1.82, 2.24) is 10.2 Å². The fourth-order valence-electron chi connectivity index (χ4n) is 3.92. The number of benzene rings is 2. The maximum atomic E-state index is 13.6. The number of anilines is 1. The lowest BCUT2D eigenvalue weighted by atomic mass is 10.0. The molecular formula is C22H28FN3O. The Labute approximate surface area is 161 Å². The molecule has 1 saturated heterocycles. The van der Waals surface area contributed by atoms with Gasteiger partial charge in [0.15, 0.2) is 0 Å². The van der Waals surface area contributed by atoms with Gasteiger partial charge in [-0.1, -0.05) is 35.9 Å². The first kappa shape index (κ1) is 19.2. The minimum atomic E-state index is -0.218. The normalized spacial score (nSPS) is 14.4. The summed E-state index contributed by atoms with van der Waals surface area (Å²) in [5, 5.41) is 2.91. The molecule has 0 radical (unpaired) electrons. The van der Waals surface area contributed by atoms with Gasteiger partial charge < -0.3 is 15.1 Å². The van der Waals surface area contributed by atoms with Crippen LogP contribution in [-0.2, 0) is 6.42 Å². The molecule has 2 aromatic rings. The van der Waals surface area contributed by atoms with Gasteiger partial charge >= 0.3 is 6.03 Å². The van der Waals surface area contributed by atoms with Gasteiger partial charge in [-0.15, -0.1) is 0 Å². The second-order valence-electron chi connectivity index (χ2n) is 7.29. The zero-order valence-electron chi connectivity index (χ0n) is 16.4. The van der Waals surface area contributed by atoms with Crippen molar-refractivity contribution < 1.29 is 9.18 Å². The van der Waals surface area contributed by atoms with E-state index in [9.17, 15) is 9.18 Å². The zero-order chi connectivity index (χ0) is 19.4. The van der Waals surface area contributed by atoms with Crippen LogP contribution >= 0.6 is 0 Å². The number of carbonyl (C=O) groups excluding carboxylic acids is 1. The number of hydrogen-bond acceptors (Lipinski definition) is 2. The van der Waals surface area contributed by atoms with Crippen LogP contribution in [-0.4, -0.2) is 43.7 Å². The maximum absolute atomic E-state index is 13.6. The Morgan fingerprint density at radius 2 is 1.67 bits per heavy atom. The van der Waals surface area contributed by atoms with Crippen LogP contribution in [0.25, 0.3) is 0 Å². The number of carbonyl (C=O) groups is 1. The average Bonchev–Trinajstić information content (AvgIpc) is 2.63. The lowest BCUT2D eigenvalue weighted by molar-refractivity contribution is 0.194. The minimum absolute atomic E-state index is 0.0664. The number of amides is 2. The maximum Gasteiger partial charge on any atom is 0.317 e. The summed E-state index contributed by atoms with van der Waals surface area (Å²) in [7, 11) is 0. The van der Waals surface area contributed by atoms with Gasteiger partial charge in [0.2, 0.25) is 0 Å². The van der Waals surface area contributed by atoms with Gasteiger partial charge in [-0.3, -0.25) is 0 Å². The summed E-state index contributed by atoms with van der Waals surface area (Å²) < 4.78 is 13.6. The summed E-state index contributed by atoms with van der Waals surface area (Å²) in [5.74, 6) is -0.218. The Morgan fingerprint density at radius 1 is 1.04 bits per heavy atom. The molecule has 0 bridgehead atoms. The molecule has 0 aromatic heterocycles. The number of nitrogens with one attached hydrogen (secondary N) is 1. The molecule has 4 nitrogen and oxygen atoms in total. The predicted octanol–water partition coefficient (Wildman–Crippen LogP) is 3.83. The molecule has 27 heavy (non-hydrogen) atoms. The monoisotopic (exact) mass is 369 g/mol. The Balaban J connectivity index is 1.50. The van der Waals surface area contributed by atoms with Crippen molar-refractivity contribution in [2.75, 3.05) is 37.6 Å². The Morgan fingerprint density at radius 3 is 2.30 bits per heavy atom. The highest BCUT2D eigenvalue weighted by Gasteiger charge is 2.23. The molecule has 0 saturated carbocycles. The summed E-state index contributed by atoms with van der Waals surface area (Å²) in [6.07, 6.45) is 0.500. The highest BCUT2D eigenvalue weighted by molar-refractivity contribution is 5.74. The van der Waals surface area contributed by atoms with Crippen molar-refractivity contribution in [2.24, 2.45) is 0 Å². The van der Waals surface area contributed by atoms with Gasteiger partial charge in [0.25, 0.3) is 0 Å². The molecule has 2 aromatic carbocycles. The molecule has 0 spiro atoms. The molecule has 5 heteroatoms. The van der Waals surface area contributed by atoms with E-state index in [-0.39, 0.29) is 11.8 Å². The van der Waals surface area contributed by atoms with Crippen LogP contribution in [0.5, 0.6) is 0 Å². The first-order valence-electron chi connectivity index (χ1n) is 9.54. The van der Waals surface area contributed by atoms with E-state index < -0.39 is 0 Å². The van der Waals surface area contributed by atoms with E-state index in [1.807, 2.05) is 11.0 Å². The molecule has 1 fully saturated rings. The van der Waals surface area contributed by atoms with Gasteiger partial charge in [0.05, 0.1) is 0 Å². The number of halogens is 1. The molecule has 2 amide bonds. The third-order valence-electron chi connectivity index (χ3n) is 5.15. The number of nitrogens with zero attached hydrogens (tertiary/aromatic N) is 2. The summed E-state index contributed by atoms with van der Waals surface area (Å²) in [5.41, 5.74) is 5.78. The quantitative estimate of drug-likeness (QED) is 0.889. The highest BCUT2D eigenvalue weighted by atomic mass is 19.1. The van der Waals surface area contributed by atoms with Crippen molar-refractivity contribution in [3.63, 3.8) is 0 Å². The summed E-state index contributed by atoms with van der Waals surface area (Å²) >= 11 is 0. The molecule has 0 atom stereocenters. The van der Waals surface area contributed by atoms with E-state index >= 15 is 0 Å². The fraction of sp³-hybridized carbons (Fsp3) is 0.409. The number of piperazine rings is 1. The smallest absolute Gasteiger partial charge is 0.317 e. The van der Waals surface area contributed by atoms with Crippen molar-refractivity contribution in [3.05, 3.63) is 64.5 Å². The van der Waals surface area contributed by atoms with E-state index in [0.29, 0.717) is 31.6 Å². The summed E-state index contributed by atoms with van der Waals surface area (Å²) in [6, 6.07) is 11.1. The minimum Gasteiger partial charge on any atom is -0.368 e. The zero-order valence-corrected chi connectivity index (χ0v) is 16.4. The summed E-state index contributed by atoms with van der Waals surface area (Å²) in [6.45, 7) is 9.89. The Hall–Kier alpha value is -2.56. The van der Waals surface area contributed by atoms with Crippen molar-refractivity contribution in [1.29, 1.82) is 0 Å². The number of rotatable bonds is 4. The molecule has 144 valence electrons.